The molecule has 40 heavy (non-hydrogen) atoms. The van der Waals surface area contributed by atoms with Gasteiger partial charge in [-0.15, -0.1) is 0 Å². The fraction of sp³-hybridized carbons (Fsp3) is 0.241. The van der Waals surface area contributed by atoms with Crippen molar-refractivity contribution in [1.29, 1.82) is 0 Å². The van der Waals surface area contributed by atoms with Crippen molar-refractivity contribution in [2.45, 2.75) is 25.4 Å². The molecule has 0 saturated carbocycles. The lowest BCUT2D eigenvalue weighted by molar-refractivity contribution is -0.137. The molecule has 1 saturated heterocycles. The van der Waals surface area contributed by atoms with E-state index in [1.807, 2.05) is 4.90 Å². The summed E-state index contributed by atoms with van der Waals surface area (Å²) in [7, 11) is 1.71. The molecule has 0 radical (unpaired) electrons. The number of ether oxygens (including phenoxy) is 1. The highest BCUT2D eigenvalue weighted by Crippen LogP contribution is 2.37. The van der Waals surface area contributed by atoms with Gasteiger partial charge >= 0.3 is 6.18 Å². The molecule has 8 nitrogen and oxygen atoms in total. The van der Waals surface area contributed by atoms with Crippen molar-refractivity contribution in [2.24, 2.45) is 0 Å². The van der Waals surface area contributed by atoms with E-state index < -0.39 is 17.6 Å². The van der Waals surface area contributed by atoms with Gasteiger partial charge in [0.05, 0.1) is 28.2 Å². The summed E-state index contributed by atoms with van der Waals surface area (Å²) in [6.07, 6.45) is 1.60. The minimum atomic E-state index is -4.54. The molecule has 2 aromatic carbocycles. The smallest absolute Gasteiger partial charge is 0.416 e. The topological polar surface area (TPSA) is 92.3 Å². The molecule has 1 fully saturated rings. The molecule has 0 bridgehead atoms. The number of nitrogens with one attached hydrogen (secondary N) is 2. The van der Waals surface area contributed by atoms with E-state index in [4.69, 9.17) is 4.74 Å². The Morgan fingerprint density at radius 2 is 1.77 bits per heavy atom. The van der Waals surface area contributed by atoms with Crippen LogP contribution in [0.5, 0.6) is 11.6 Å². The third-order valence-corrected chi connectivity index (χ3v) is 6.51. The van der Waals surface area contributed by atoms with Gasteiger partial charge in [0.1, 0.15) is 5.75 Å². The predicted molar refractivity (Wildman–Crippen MR) is 147 cm³/mol. The molecule has 3 heterocycles. The molecule has 2 aromatic heterocycles. The van der Waals surface area contributed by atoms with E-state index in [-0.39, 0.29) is 17.1 Å². The maximum Gasteiger partial charge on any atom is 0.416 e. The molecule has 4 aromatic rings. The van der Waals surface area contributed by atoms with Gasteiger partial charge in [-0.3, -0.25) is 4.79 Å². The Balaban J connectivity index is 1.41. The fourth-order valence-corrected chi connectivity index (χ4v) is 4.53. The van der Waals surface area contributed by atoms with Gasteiger partial charge < -0.3 is 20.3 Å². The molecule has 1 amide bonds. The number of carbonyl (C=O) groups excluding carboxylic acids is 1. The van der Waals surface area contributed by atoms with Crippen LogP contribution in [-0.4, -0.2) is 41.0 Å². The van der Waals surface area contributed by atoms with Crippen molar-refractivity contribution >= 4 is 23.2 Å². The summed E-state index contributed by atoms with van der Waals surface area (Å²) in [6, 6.07) is 15.1. The van der Waals surface area contributed by atoms with Gasteiger partial charge in [-0.1, -0.05) is 6.07 Å². The zero-order chi connectivity index (χ0) is 28.1. The van der Waals surface area contributed by atoms with Gasteiger partial charge in [0, 0.05) is 38.1 Å². The van der Waals surface area contributed by atoms with E-state index in [1.165, 1.54) is 12.1 Å². The first-order valence-electron chi connectivity index (χ1n) is 12.8. The normalized spacial score (nSPS) is 13.6. The third-order valence-electron chi connectivity index (χ3n) is 6.51. The highest BCUT2D eigenvalue weighted by Gasteiger charge is 2.32. The molecule has 2 N–H and O–H groups in total. The van der Waals surface area contributed by atoms with E-state index in [2.05, 4.69) is 25.6 Å². The molecule has 206 valence electrons. The SMILES string of the molecule is CNc1nccc(-c2cccnc2Oc2cccc(C(=O)Nc3cc(C(F)(F)F)ccc3N3CCCCC3)c2)n1. The number of benzene rings is 2. The molecule has 1 aliphatic heterocycles. The van der Waals surface area contributed by atoms with Crippen LogP contribution in [0.1, 0.15) is 35.2 Å². The summed E-state index contributed by atoms with van der Waals surface area (Å²) in [4.78, 5) is 28.2. The molecule has 0 spiro atoms. The number of anilines is 3. The van der Waals surface area contributed by atoms with Crippen LogP contribution < -0.4 is 20.3 Å². The number of rotatable bonds is 7. The molecule has 11 heteroatoms. The zero-order valence-corrected chi connectivity index (χ0v) is 21.7. The molecule has 0 atom stereocenters. The number of pyridine rings is 1. The number of nitrogens with zero attached hydrogens (tertiary/aromatic N) is 4. The molecule has 0 unspecified atom stereocenters. The first-order valence-corrected chi connectivity index (χ1v) is 12.8. The van der Waals surface area contributed by atoms with Gasteiger partial charge in [-0.05, 0) is 73.9 Å². The number of aromatic nitrogens is 3. The Morgan fingerprint density at radius 1 is 0.950 bits per heavy atom. The average Bonchev–Trinajstić information content (AvgIpc) is 2.97. The first kappa shape index (κ1) is 26.9. The number of piperidine rings is 1. The summed E-state index contributed by atoms with van der Waals surface area (Å²) in [5.41, 5.74) is 1.28. The molecule has 0 aliphatic carbocycles. The highest BCUT2D eigenvalue weighted by atomic mass is 19.4. The fourth-order valence-electron chi connectivity index (χ4n) is 4.53. The zero-order valence-electron chi connectivity index (χ0n) is 21.7. The van der Waals surface area contributed by atoms with Crippen LogP contribution in [0, 0.1) is 0 Å². The Labute approximate surface area is 229 Å². The van der Waals surface area contributed by atoms with Crippen LogP contribution in [0.4, 0.5) is 30.5 Å². The minimum Gasteiger partial charge on any atom is -0.438 e. The summed E-state index contributed by atoms with van der Waals surface area (Å²) in [5, 5.41) is 5.59. The summed E-state index contributed by atoms with van der Waals surface area (Å²) < 4.78 is 46.5. The Bertz CT molecular complexity index is 1510. The average molecular weight is 549 g/mol. The van der Waals surface area contributed by atoms with Crippen molar-refractivity contribution in [3.8, 4) is 22.9 Å². The number of carbonyl (C=O) groups is 1. The van der Waals surface area contributed by atoms with Crippen LogP contribution >= 0.6 is 0 Å². The van der Waals surface area contributed by atoms with Crippen molar-refractivity contribution < 1.29 is 22.7 Å². The van der Waals surface area contributed by atoms with E-state index in [1.54, 1.807) is 55.8 Å². The second kappa shape index (κ2) is 11.6. The summed E-state index contributed by atoms with van der Waals surface area (Å²) in [5.74, 6) is 0.477. The van der Waals surface area contributed by atoms with Gasteiger partial charge in [-0.25, -0.2) is 15.0 Å². The van der Waals surface area contributed by atoms with Crippen molar-refractivity contribution in [1.82, 2.24) is 15.0 Å². The van der Waals surface area contributed by atoms with Crippen LogP contribution in [-0.2, 0) is 6.18 Å². The number of halogens is 3. The van der Waals surface area contributed by atoms with Gasteiger partial charge in [0.2, 0.25) is 11.8 Å². The molecular weight excluding hydrogens is 521 g/mol. The second-order valence-corrected chi connectivity index (χ2v) is 9.23. The minimum absolute atomic E-state index is 0.115. The monoisotopic (exact) mass is 548 g/mol. The maximum absolute atomic E-state index is 13.5. The number of hydrogen-bond acceptors (Lipinski definition) is 7. The second-order valence-electron chi connectivity index (χ2n) is 9.23. The quantitative estimate of drug-likeness (QED) is 0.268. The number of amides is 1. The summed E-state index contributed by atoms with van der Waals surface area (Å²) >= 11 is 0. The first-order chi connectivity index (χ1) is 19.3. The van der Waals surface area contributed by atoms with Gasteiger partial charge in [0.25, 0.3) is 5.91 Å². The molecular formula is C29H27F3N6O2. The van der Waals surface area contributed by atoms with Crippen LogP contribution in [0.15, 0.2) is 73.1 Å². The summed E-state index contributed by atoms with van der Waals surface area (Å²) in [6.45, 7) is 1.43. The van der Waals surface area contributed by atoms with Crippen LogP contribution in [0.3, 0.4) is 0 Å². The van der Waals surface area contributed by atoms with Crippen molar-refractivity contribution in [3.05, 3.63) is 84.2 Å². The molecule has 1 aliphatic rings. The largest absolute Gasteiger partial charge is 0.438 e. The Kier molecular flexibility index (Phi) is 7.81. The molecule has 5 rings (SSSR count). The standard InChI is InChI=1S/C29H27F3N6O2/c1-33-28-35-14-12-23(37-28)22-9-6-13-34-27(22)40-21-8-5-7-19(17-21)26(39)36-24-18-20(29(30,31)32)10-11-25(24)38-15-3-2-4-16-38/h5-14,17-18H,2-4,15-16H2,1H3,(H,36,39)(H,33,35,37). The lowest BCUT2D eigenvalue weighted by Crippen LogP contribution is -2.30. The number of hydrogen-bond donors (Lipinski definition) is 2. The maximum atomic E-state index is 13.5. The van der Waals surface area contributed by atoms with Crippen LogP contribution in [0.25, 0.3) is 11.3 Å². The Hall–Kier alpha value is -4.67. The van der Waals surface area contributed by atoms with Gasteiger partial charge in [-0.2, -0.15) is 13.2 Å². The van der Waals surface area contributed by atoms with E-state index in [0.29, 0.717) is 41.7 Å². The Morgan fingerprint density at radius 3 is 2.55 bits per heavy atom. The lowest BCUT2D eigenvalue weighted by Gasteiger charge is -2.31. The third kappa shape index (κ3) is 6.14. The lowest BCUT2D eigenvalue weighted by atomic mass is 10.1. The van der Waals surface area contributed by atoms with Crippen molar-refractivity contribution in [3.63, 3.8) is 0 Å². The predicted octanol–water partition coefficient (Wildman–Crippen LogP) is 6.63. The van der Waals surface area contributed by atoms with Gasteiger partial charge in [0.15, 0.2) is 0 Å². The number of alkyl halides is 3. The van der Waals surface area contributed by atoms with E-state index in [9.17, 15) is 18.0 Å². The van der Waals surface area contributed by atoms with E-state index >= 15 is 0 Å². The van der Waals surface area contributed by atoms with Crippen LogP contribution in [0.2, 0.25) is 0 Å². The van der Waals surface area contributed by atoms with E-state index in [0.717, 1.165) is 31.4 Å². The van der Waals surface area contributed by atoms with Crippen molar-refractivity contribution in [2.75, 3.05) is 35.7 Å². The highest BCUT2D eigenvalue weighted by molar-refractivity contribution is 6.06.